The molecule has 0 fully saturated rings. The summed E-state index contributed by atoms with van der Waals surface area (Å²) in [7, 11) is -4.03. The van der Waals surface area contributed by atoms with Gasteiger partial charge in [-0.3, -0.25) is 0 Å². The van der Waals surface area contributed by atoms with Crippen LogP contribution < -0.4 is 4.72 Å². The first kappa shape index (κ1) is 14.8. The molecule has 1 amide bonds. The molecule has 0 aromatic heterocycles. The van der Waals surface area contributed by atoms with Gasteiger partial charge in [0.1, 0.15) is 6.61 Å². The summed E-state index contributed by atoms with van der Waals surface area (Å²) in [6, 6.07) is 3.66. The highest BCUT2D eigenvalue weighted by Gasteiger charge is 2.19. The number of halogens is 2. The van der Waals surface area contributed by atoms with E-state index >= 15 is 0 Å². The predicted octanol–water partition coefficient (Wildman–Crippen LogP) is 2.59. The van der Waals surface area contributed by atoms with Crippen molar-refractivity contribution >= 4 is 39.3 Å². The minimum absolute atomic E-state index is 0.0685. The third kappa shape index (κ3) is 3.90. The standard InChI is InChI=1S/C10H9Cl2NO4S/c1-2-5-17-10(14)13-18(15,16)7-3-4-8(11)9(12)6-7/h2-4,6H,1,5H2,(H,13,14). The summed E-state index contributed by atoms with van der Waals surface area (Å²) in [6.45, 7) is 3.23. The van der Waals surface area contributed by atoms with Crippen molar-refractivity contribution in [2.24, 2.45) is 0 Å². The average Bonchev–Trinajstić information content (AvgIpc) is 2.29. The fourth-order valence-electron chi connectivity index (χ4n) is 0.977. The molecule has 1 aromatic carbocycles. The van der Waals surface area contributed by atoms with Crippen LogP contribution in [0.15, 0.2) is 35.7 Å². The van der Waals surface area contributed by atoms with Gasteiger partial charge in [-0.1, -0.05) is 35.9 Å². The van der Waals surface area contributed by atoms with E-state index in [0.717, 1.165) is 6.07 Å². The van der Waals surface area contributed by atoms with Gasteiger partial charge < -0.3 is 4.74 Å². The molecule has 0 saturated carbocycles. The second-order valence-corrected chi connectivity index (χ2v) is 5.57. The van der Waals surface area contributed by atoms with E-state index in [4.69, 9.17) is 23.2 Å². The van der Waals surface area contributed by atoms with E-state index in [0.29, 0.717) is 0 Å². The van der Waals surface area contributed by atoms with E-state index in [-0.39, 0.29) is 21.5 Å². The summed E-state index contributed by atoms with van der Waals surface area (Å²) in [5.41, 5.74) is 0. The summed E-state index contributed by atoms with van der Waals surface area (Å²) in [5, 5.41) is 0.281. The van der Waals surface area contributed by atoms with E-state index in [2.05, 4.69) is 11.3 Å². The normalized spacial score (nSPS) is 10.8. The zero-order valence-corrected chi connectivity index (χ0v) is 11.3. The second kappa shape index (κ2) is 6.08. The molecule has 98 valence electrons. The van der Waals surface area contributed by atoms with Gasteiger partial charge in [-0.25, -0.2) is 17.9 Å². The monoisotopic (exact) mass is 309 g/mol. The van der Waals surface area contributed by atoms with Crippen molar-refractivity contribution in [1.29, 1.82) is 0 Å². The van der Waals surface area contributed by atoms with Gasteiger partial charge in [-0.2, -0.15) is 0 Å². The van der Waals surface area contributed by atoms with Crippen LogP contribution >= 0.6 is 23.2 Å². The third-order valence-electron chi connectivity index (χ3n) is 1.75. The van der Waals surface area contributed by atoms with Crippen molar-refractivity contribution in [3.63, 3.8) is 0 Å². The highest BCUT2D eigenvalue weighted by atomic mass is 35.5. The molecule has 0 aliphatic rings. The number of carbonyl (C=O) groups excluding carboxylic acids is 1. The van der Waals surface area contributed by atoms with Gasteiger partial charge in [-0.15, -0.1) is 0 Å². The first-order chi connectivity index (χ1) is 8.36. The smallest absolute Gasteiger partial charge is 0.421 e. The molecular formula is C10H9Cl2NO4S. The number of rotatable bonds is 4. The van der Waals surface area contributed by atoms with Gasteiger partial charge in [0, 0.05) is 0 Å². The van der Waals surface area contributed by atoms with Crippen molar-refractivity contribution in [2.45, 2.75) is 4.90 Å². The molecule has 0 heterocycles. The highest BCUT2D eigenvalue weighted by Crippen LogP contribution is 2.24. The third-order valence-corrected chi connectivity index (χ3v) is 3.80. The van der Waals surface area contributed by atoms with E-state index in [1.165, 1.54) is 18.2 Å². The summed E-state index contributed by atoms with van der Waals surface area (Å²) >= 11 is 11.3. The Balaban J connectivity index is 2.89. The SMILES string of the molecule is C=CCOC(=O)NS(=O)(=O)c1ccc(Cl)c(Cl)c1. The number of amides is 1. The Kier molecular flexibility index (Phi) is 5.01. The molecular weight excluding hydrogens is 301 g/mol. The molecule has 1 N–H and O–H groups in total. The van der Waals surface area contributed by atoms with Crippen molar-refractivity contribution in [1.82, 2.24) is 4.72 Å². The fourth-order valence-corrected chi connectivity index (χ4v) is 2.26. The lowest BCUT2D eigenvalue weighted by molar-refractivity contribution is 0.165. The van der Waals surface area contributed by atoms with Crippen LogP contribution in [-0.4, -0.2) is 21.1 Å². The molecule has 0 unspecified atom stereocenters. The first-order valence-electron chi connectivity index (χ1n) is 4.62. The van der Waals surface area contributed by atoms with Crippen molar-refractivity contribution < 1.29 is 17.9 Å². The van der Waals surface area contributed by atoms with E-state index in [9.17, 15) is 13.2 Å². The quantitative estimate of drug-likeness (QED) is 0.868. The lowest BCUT2D eigenvalue weighted by Gasteiger charge is -2.07. The van der Waals surface area contributed by atoms with Crippen LogP contribution in [0.1, 0.15) is 0 Å². The molecule has 0 spiro atoms. The summed E-state index contributed by atoms with van der Waals surface area (Å²) in [6.07, 6.45) is 0.215. The Hall–Kier alpha value is -1.24. The number of benzene rings is 1. The zero-order valence-electron chi connectivity index (χ0n) is 9.02. The fraction of sp³-hybridized carbons (Fsp3) is 0.100. The average molecular weight is 310 g/mol. The first-order valence-corrected chi connectivity index (χ1v) is 6.86. The van der Waals surface area contributed by atoms with Gasteiger partial charge in [0.05, 0.1) is 14.9 Å². The number of hydrogen-bond donors (Lipinski definition) is 1. The van der Waals surface area contributed by atoms with E-state index < -0.39 is 16.1 Å². The lowest BCUT2D eigenvalue weighted by atomic mass is 10.4. The molecule has 0 radical (unpaired) electrons. The minimum atomic E-state index is -4.03. The van der Waals surface area contributed by atoms with Gasteiger partial charge >= 0.3 is 6.09 Å². The number of sulfonamides is 1. The molecule has 0 aliphatic carbocycles. The Bertz CT molecular complexity index is 571. The van der Waals surface area contributed by atoms with Crippen LogP contribution in [0.3, 0.4) is 0 Å². The van der Waals surface area contributed by atoms with Crippen LogP contribution in [0.5, 0.6) is 0 Å². The van der Waals surface area contributed by atoms with Crippen molar-refractivity contribution in [3.05, 3.63) is 40.9 Å². The maximum Gasteiger partial charge on any atom is 0.421 e. The molecule has 1 rings (SSSR count). The van der Waals surface area contributed by atoms with E-state index in [1.807, 2.05) is 0 Å². The van der Waals surface area contributed by atoms with Gasteiger partial charge in [0.25, 0.3) is 10.0 Å². The maximum atomic E-state index is 11.7. The number of nitrogens with one attached hydrogen (secondary N) is 1. The molecule has 0 aliphatic heterocycles. The number of carbonyl (C=O) groups is 1. The Morgan fingerprint density at radius 1 is 1.39 bits per heavy atom. The molecule has 5 nitrogen and oxygen atoms in total. The molecule has 0 saturated heterocycles. The largest absolute Gasteiger partial charge is 0.445 e. The molecule has 0 bridgehead atoms. The Labute approximate surface area is 114 Å². The second-order valence-electron chi connectivity index (χ2n) is 3.07. The van der Waals surface area contributed by atoms with Crippen LogP contribution in [0.25, 0.3) is 0 Å². The summed E-state index contributed by atoms with van der Waals surface area (Å²) < 4.78 is 29.7. The minimum Gasteiger partial charge on any atom is -0.445 e. The maximum absolute atomic E-state index is 11.7. The molecule has 1 aromatic rings. The number of hydrogen-bond acceptors (Lipinski definition) is 4. The predicted molar refractivity (Wildman–Crippen MR) is 68.3 cm³/mol. The molecule has 18 heavy (non-hydrogen) atoms. The summed E-state index contributed by atoms with van der Waals surface area (Å²) in [4.78, 5) is 10.9. The lowest BCUT2D eigenvalue weighted by Crippen LogP contribution is -2.31. The number of ether oxygens (including phenoxy) is 1. The molecule has 8 heteroatoms. The van der Waals surface area contributed by atoms with Gasteiger partial charge in [-0.05, 0) is 18.2 Å². The van der Waals surface area contributed by atoms with Crippen LogP contribution in [0.4, 0.5) is 4.79 Å². The summed E-state index contributed by atoms with van der Waals surface area (Å²) in [5.74, 6) is 0. The van der Waals surface area contributed by atoms with E-state index in [1.54, 1.807) is 4.72 Å². The zero-order chi connectivity index (χ0) is 13.8. The topological polar surface area (TPSA) is 72.5 Å². The van der Waals surface area contributed by atoms with Crippen LogP contribution in [0.2, 0.25) is 10.0 Å². The van der Waals surface area contributed by atoms with Gasteiger partial charge in [0.15, 0.2) is 0 Å². The van der Waals surface area contributed by atoms with Crippen LogP contribution in [-0.2, 0) is 14.8 Å². The van der Waals surface area contributed by atoms with Crippen LogP contribution in [0, 0.1) is 0 Å². The van der Waals surface area contributed by atoms with Crippen molar-refractivity contribution in [3.8, 4) is 0 Å². The van der Waals surface area contributed by atoms with Gasteiger partial charge in [0.2, 0.25) is 0 Å². The Morgan fingerprint density at radius 2 is 2.06 bits per heavy atom. The molecule has 0 atom stereocenters. The van der Waals surface area contributed by atoms with Crippen molar-refractivity contribution in [2.75, 3.05) is 6.61 Å². The Morgan fingerprint density at radius 3 is 2.61 bits per heavy atom. The highest BCUT2D eigenvalue weighted by molar-refractivity contribution is 7.90.